The number of anilines is 1. The maximum absolute atomic E-state index is 12.4. The fourth-order valence-corrected chi connectivity index (χ4v) is 2.21. The number of nitrogens with one attached hydrogen (secondary N) is 3. The van der Waals surface area contributed by atoms with Crippen molar-refractivity contribution in [3.05, 3.63) is 29.3 Å². The van der Waals surface area contributed by atoms with Gasteiger partial charge >= 0.3 is 0 Å². The Kier molecular flexibility index (Phi) is 13.1. The van der Waals surface area contributed by atoms with Crippen LogP contribution >= 0.6 is 24.8 Å². The fraction of sp³-hybridized carbons (Fsp3) is 0.611. The van der Waals surface area contributed by atoms with Crippen LogP contribution in [0.1, 0.15) is 50.5 Å². The van der Waals surface area contributed by atoms with E-state index in [1.54, 1.807) is 0 Å². The van der Waals surface area contributed by atoms with E-state index in [0.717, 1.165) is 23.4 Å². The lowest BCUT2D eigenvalue weighted by atomic mass is 10.0. The Labute approximate surface area is 159 Å². The molecular weight excluding hydrogens is 345 g/mol. The zero-order valence-corrected chi connectivity index (χ0v) is 17.2. The first-order chi connectivity index (χ1) is 10.4. The van der Waals surface area contributed by atoms with Crippen LogP contribution in [0.3, 0.4) is 0 Å². The van der Waals surface area contributed by atoms with Crippen molar-refractivity contribution in [2.75, 3.05) is 18.4 Å². The van der Waals surface area contributed by atoms with Crippen LogP contribution in [0.5, 0.6) is 0 Å². The number of benzene rings is 1. The van der Waals surface area contributed by atoms with Crippen molar-refractivity contribution in [2.45, 2.75) is 53.6 Å². The topological polar surface area (TPSA) is 53.2 Å². The van der Waals surface area contributed by atoms with Gasteiger partial charge < -0.3 is 16.0 Å². The fourth-order valence-electron chi connectivity index (χ4n) is 2.21. The summed E-state index contributed by atoms with van der Waals surface area (Å²) in [5.41, 5.74) is 2.78. The zero-order valence-electron chi connectivity index (χ0n) is 15.6. The number of amides is 1. The molecular formula is C18H33Cl2N3O. The second-order valence-electron chi connectivity index (χ2n) is 6.32. The first-order valence-corrected chi connectivity index (χ1v) is 8.24. The molecule has 140 valence electrons. The lowest BCUT2D eigenvalue weighted by Gasteiger charge is -2.21. The van der Waals surface area contributed by atoms with Crippen molar-refractivity contribution in [3.8, 4) is 0 Å². The Balaban J connectivity index is 0. The van der Waals surface area contributed by atoms with Gasteiger partial charge in [0.15, 0.2) is 0 Å². The molecule has 0 aliphatic rings. The van der Waals surface area contributed by atoms with Crippen molar-refractivity contribution in [1.82, 2.24) is 10.6 Å². The van der Waals surface area contributed by atoms with Gasteiger partial charge in [0, 0.05) is 29.9 Å². The van der Waals surface area contributed by atoms with Crippen molar-refractivity contribution >= 4 is 36.4 Å². The third-order valence-electron chi connectivity index (χ3n) is 4.08. The molecule has 3 N–H and O–H groups in total. The minimum absolute atomic E-state index is 0. The Morgan fingerprint density at radius 3 is 2.29 bits per heavy atom. The highest BCUT2D eigenvalue weighted by molar-refractivity contribution is 5.97. The van der Waals surface area contributed by atoms with Crippen molar-refractivity contribution in [2.24, 2.45) is 5.92 Å². The van der Waals surface area contributed by atoms with Crippen LogP contribution in [0.15, 0.2) is 18.2 Å². The SMILES string of the molecule is CCN[C@H](C)CNC(=O)c1cccc(NC(C)C(C)C)c1C.Cl.Cl. The van der Waals surface area contributed by atoms with E-state index in [1.165, 1.54) is 0 Å². The Morgan fingerprint density at radius 2 is 1.75 bits per heavy atom. The number of carbonyl (C=O) groups excluding carboxylic acids is 1. The Hall–Kier alpha value is -0.970. The first kappa shape index (κ1) is 25.3. The van der Waals surface area contributed by atoms with E-state index >= 15 is 0 Å². The van der Waals surface area contributed by atoms with Crippen LogP contribution in [0.4, 0.5) is 5.69 Å². The lowest BCUT2D eigenvalue weighted by molar-refractivity contribution is 0.0949. The molecule has 4 nitrogen and oxygen atoms in total. The molecule has 1 aromatic rings. The summed E-state index contributed by atoms with van der Waals surface area (Å²) < 4.78 is 0. The van der Waals surface area contributed by atoms with Crippen LogP contribution < -0.4 is 16.0 Å². The molecule has 0 spiro atoms. The van der Waals surface area contributed by atoms with E-state index in [4.69, 9.17) is 0 Å². The number of halogens is 2. The van der Waals surface area contributed by atoms with Gasteiger partial charge in [-0.15, -0.1) is 24.8 Å². The number of rotatable bonds is 8. The average Bonchev–Trinajstić information content (AvgIpc) is 2.47. The molecule has 0 heterocycles. The molecule has 1 rings (SSSR count). The molecule has 0 aliphatic heterocycles. The Bertz CT molecular complexity index is 495. The molecule has 0 fully saturated rings. The number of likely N-dealkylation sites (N-methyl/N-ethyl adjacent to an activating group) is 1. The quantitative estimate of drug-likeness (QED) is 0.640. The van der Waals surface area contributed by atoms with Crippen LogP contribution in [-0.4, -0.2) is 31.1 Å². The van der Waals surface area contributed by atoms with Crippen molar-refractivity contribution < 1.29 is 4.79 Å². The molecule has 1 aromatic carbocycles. The molecule has 0 aliphatic carbocycles. The smallest absolute Gasteiger partial charge is 0.251 e. The van der Waals surface area contributed by atoms with Crippen LogP contribution in [0.2, 0.25) is 0 Å². The lowest BCUT2D eigenvalue weighted by Crippen LogP contribution is -2.39. The van der Waals surface area contributed by atoms with E-state index < -0.39 is 0 Å². The van der Waals surface area contributed by atoms with E-state index in [9.17, 15) is 4.79 Å². The first-order valence-electron chi connectivity index (χ1n) is 8.24. The van der Waals surface area contributed by atoms with E-state index in [2.05, 4.69) is 50.6 Å². The van der Waals surface area contributed by atoms with Gasteiger partial charge in [-0.05, 0) is 50.9 Å². The summed E-state index contributed by atoms with van der Waals surface area (Å²) in [6, 6.07) is 6.49. The van der Waals surface area contributed by atoms with Crippen molar-refractivity contribution in [1.29, 1.82) is 0 Å². The largest absolute Gasteiger partial charge is 0.382 e. The minimum Gasteiger partial charge on any atom is -0.382 e. The molecule has 0 aromatic heterocycles. The second kappa shape index (κ2) is 12.4. The summed E-state index contributed by atoms with van der Waals surface area (Å²) in [6.45, 7) is 14.2. The van der Waals surface area contributed by atoms with Gasteiger partial charge in [-0.2, -0.15) is 0 Å². The van der Waals surface area contributed by atoms with E-state index in [0.29, 0.717) is 18.5 Å². The molecule has 0 saturated heterocycles. The molecule has 0 radical (unpaired) electrons. The van der Waals surface area contributed by atoms with Crippen LogP contribution in [-0.2, 0) is 0 Å². The normalized spacial score (nSPS) is 12.6. The maximum atomic E-state index is 12.4. The predicted molar refractivity (Wildman–Crippen MR) is 109 cm³/mol. The molecule has 6 heteroatoms. The molecule has 0 bridgehead atoms. The monoisotopic (exact) mass is 377 g/mol. The third-order valence-corrected chi connectivity index (χ3v) is 4.08. The van der Waals surface area contributed by atoms with Gasteiger partial charge in [0.1, 0.15) is 0 Å². The highest BCUT2D eigenvalue weighted by atomic mass is 35.5. The van der Waals surface area contributed by atoms with E-state index in [-0.39, 0.29) is 36.8 Å². The van der Waals surface area contributed by atoms with E-state index in [1.807, 2.05) is 25.1 Å². The van der Waals surface area contributed by atoms with Gasteiger partial charge in [-0.25, -0.2) is 0 Å². The highest BCUT2D eigenvalue weighted by Gasteiger charge is 2.14. The van der Waals surface area contributed by atoms with Gasteiger partial charge in [0.05, 0.1) is 0 Å². The third kappa shape index (κ3) is 7.73. The number of hydrogen-bond donors (Lipinski definition) is 3. The van der Waals surface area contributed by atoms with Gasteiger partial charge in [0.2, 0.25) is 0 Å². The average molecular weight is 378 g/mol. The summed E-state index contributed by atoms with van der Waals surface area (Å²) in [4.78, 5) is 12.4. The number of carbonyl (C=O) groups is 1. The zero-order chi connectivity index (χ0) is 16.7. The molecule has 1 unspecified atom stereocenters. The second-order valence-corrected chi connectivity index (χ2v) is 6.32. The maximum Gasteiger partial charge on any atom is 0.251 e. The Morgan fingerprint density at radius 1 is 1.12 bits per heavy atom. The minimum atomic E-state index is -0.0110. The number of hydrogen-bond acceptors (Lipinski definition) is 3. The van der Waals surface area contributed by atoms with Gasteiger partial charge in [-0.3, -0.25) is 4.79 Å². The highest BCUT2D eigenvalue weighted by Crippen LogP contribution is 2.21. The molecule has 2 atom stereocenters. The molecule has 1 amide bonds. The summed E-state index contributed by atoms with van der Waals surface area (Å²) in [7, 11) is 0. The predicted octanol–water partition coefficient (Wildman–Crippen LogP) is 4.02. The van der Waals surface area contributed by atoms with Crippen LogP contribution in [0, 0.1) is 12.8 Å². The van der Waals surface area contributed by atoms with Crippen LogP contribution in [0.25, 0.3) is 0 Å². The summed E-state index contributed by atoms with van der Waals surface area (Å²) in [5.74, 6) is 0.529. The molecule has 24 heavy (non-hydrogen) atoms. The summed E-state index contributed by atoms with van der Waals surface area (Å²) in [5, 5.41) is 9.79. The standard InChI is InChI=1S/C18H31N3O.2ClH/c1-7-19-13(4)11-20-18(22)16-9-8-10-17(14(16)5)21-15(6)12(2)3;;/h8-10,12-13,15,19,21H,7,11H2,1-6H3,(H,20,22);2*1H/t13-,15?;;/m1../s1. The van der Waals surface area contributed by atoms with Gasteiger partial charge in [-0.1, -0.05) is 26.8 Å². The summed E-state index contributed by atoms with van der Waals surface area (Å²) in [6.07, 6.45) is 0. The molecule has 0 saturated carbocycles. The summed E-state index contributed by atoms with van der Waals surface area (Å²) >= 11 is 0. The van der Waals surface area contributed by atoms with Gasteiger partial charge in [0.25, 0.3) is 5.91 Å². The van der Waals surface area contributed by atoms with Crippen molar-refractivity contribution in [3.63, 3.8) is 0 Å².